The first-order valence-corrected chi connectivity index (χ1v) is 2.89. The summed E-state index contributed by atoms with van der Waals surface area (Å²) >= 11 is 4.16. The fourth-order valence-electron chi connectivity index (χ4n) is 0.385. The Kier molecular flexibility index (Phi) is 3.72. The van der Waals surface area contributed by atoms with Gasteiger partial charge in [-0.15, -0.1) is 0 Å². The van der Waals surface area contributed by atoms with Crippen molar-refractivity contribution in [2.24, 2.45) is 5.92 Å². The van der Waals surface area contributed by atoms with Crippen molar-refractivity contribution in [3.8, 4) is 6.07 Å². The Morgan fingerprint density at radius 1 is 2.00 bits per heavy atom. The van der Waals surface area contributed by atoms with E-state index in [0.717, 1.165) is 0 Å². The van der Waals surface area contributed by atoms with Crippen LogP contribution in [0.3, 0.4) is 0 Å². The van der Waals surface area contributed by atoms with Crippen LogP contribution in [-0.4, -0.2) is 11.1 Å². The molecule has 0 spiro atoms. The second-order valence-electron chi connectivity index (χ2n) is 1.52. The van der Waals surface area contributed by atoms with Gasteiger partial charge in [0.05, 0.1) is 0 Å². The van der Waals surface area contributed by atoms with Gasteiger partial charge in [0.1, 0.15) is 0 Å². The van der Waals surface area contributed by atoms with Crippen LogP contribution in [-0.2, 0) is 17.6 Å². The zero-order valence-electron chi connectivity index (χ0n) is 5.00. The van der Waals surface area contributed by atoms with Crippen molar-refractivity contribution in [2.45, 2.75) is 13.3 Å². The Morgan fingerprint density at radius 2 is 2.56 bits per heavy atom. The van der Waals surface area contributed by atoms with Crippen LogP contribution >= 0.6 is 0 Å². The van der Waals surface area contributed by atoms with Gasteiger partial charge in [-0.3, -0.25) is 17.6 Å². The molecular weight excluding hydrogens is 138 g/mol. The minimum absolute atomic E-state index is 0.482. The summed E-state index contributed by atoms with van der Waals surface area (Å²) in [5, 5.41) is 8.34. The van der Waals surface area contributed by atoms with Crippen molar-refractivity contribution >= 4 is 18.8 Å². The van der Waals surface area contributed by atoms with Crippen LogP contribution < -0.4 is 0 Å². The number of carbonyl (C=O) groups is 1. The molecule has 0 aliphatic heterocycles. The van der Waals surface area contributed by atoms with Gasteiger partial charge in [-0.2, -0.15) is 4.25 Å². The molecule has 0 aromatic heterocycles. The standard InChI is InChI=1S/C5H7NO2S/c1-2-4(3-6-9)5(7)8/h4H,2H2,1H3,(H,7,8). The summed E-state index contributed by atoms with van der Waals surface area (Å²) in [7, 11) is 0. The Labute approximate surface area is 59.0 Å². The summed E-state index contributed by atoms with van der Waals surface area (Å²) in [5.74, 6) is -1.56. The van der Waals surface area contributed by atoms with Gasteiger partial charge in [-0.1, -0.05) is 6.92 Å². The monoisotopic (exact) mass is 145 g/mol. The van der Waals surface area contributed by atoms with E-state index in [-0.39, 0.29) is 0 Å². The lowest BCUT2D eigenvalue weighted by Gasteiger charge is -1.91. The van der Waals surface area contributed by atoms with E-state index >= 15 is 0 Å². The van der Waals surface area contributed by atoms with Gasteiger partial charge in [0.2, 0.25) is 0 Å². The summed E-state index contributed by atoms with van der Waals surface area (Å²) in [4.78, 5) is 10.2. The molecule has 0 rings (SSSR count). The third-order valence-electron chi connectivity index (χ3n) is 0.915. The van der Waals surface area contributed by atoms with E-state index in [4.69, 9.17) is 5.11 Å². The quantitative estimate of drug-likeness (QED) is 0.587. The van der Waals surface area contributed by atoms with Crippen LogP contribution in [0.4, 0.5) is 0 Å². The van der Waals surface area contributed by atoms with Gasteiger partial charge in [-0.25, -0.2) is 0 Å². The van der Waals surface area contributed by atoms with Crippen LogP contribution in [0, 0.1) is 12.0 Å². The molecule has 9 heavy (non-hydrogen) atoms. The minimum Gasteiger partial charge on any atom is -0.480 e. The third-order valence-corrected chi connectivity index (χ3v) is 1.02. The summed E-state index contributed by atoms with van der Waals surface area (Å²) < 4.78 is 3.08. The number of carboxylic acids is 1. The molecule has 0 aliphatic rings. The van der Waals surface area contributed by atoms with Crippen LogP contribution in [0.5, 0.6) is 0 Å². The molecule has 0 heterocycles. The van der Waals surface area contributed by atoms with E-state index in [2.05, 4.69) is 23.1 Å². The molecule has 0 aliphatic carbocycles. The Morgan fingerprint density at radius 3 is 2.67 bits per heavy atom. The number of rotatable bonds is 2. The van der Waals surface area contributed by atoms with Crippen LogP contribution in [0.15, 0.2) is 0 Å². The van der Waals surface area contributed by atoms with Crippen molar-refractivity contribution in [1.29, 1.82) is 0 Å². The molecule has 1 N–H and O–H groups in total. The first kappa shape index (κ1) is 8.18. The smallest absolute Gasteiger partial charge is 0.325 e. The van der Waals surface area contributed by atoms with Gasteiger partial charge >= 0.3 is 5.97 Å². The zero-order valence-corrected chi connectivity index (χ0v) is 5.81. The molecule has 0 saturated carbocycles. The maximum absolute atomic E-state index is 10.2. The molecule has 0 fully saturated rings. The predicted molar refractivity (Wildman–Crippen MR) is 36.0 cm³/mol. The lowest BCUT2D eigenvalue weighted by Crippen LogP contribution is -2.09. The number of hydrogen-bond acceptors (Lipinski definition) is 2. The highest BCUT2D eigenvalue weighted by Crippen LogP contribution is 1.99. The van der Waals surface area contributed by atoms with E-state index in [1.54, 1.807) is 6.92 Å². The maximum Gasteiger partial charge on any atom is 0.325 e. The highest BCUT2D eigenvalue weighted by molar-refractivity contribution is 7.61. The largest absolute Gasteiger partial charge is 0.480 e. The predicted octanol–water partition coefficient (Wildman–Crippen LogP) is 0.892. The Balaban J connectivity index is 3.94. The average Bonchev–Trinajstić information content (AvgIpc) is 1.82. The van der Waals surface area contributed by atoms with Gasteiger partial charge in [-0.05, 0) is 6.42 Å². The van der Waals surface area contributed by atoms with Crippen LogP contribution in [0.1, 0.15) is 13.3 Å². The molecule has 0 aromatic carbocycles. The van der Waals surface area contributed by atoms with E-state index < -0.39 is 11.9 Å². The summed E-state index contributed by atoms with van der Waals surface area (Å²) in [5.41, 5.74) is 0. The fraction of sp³-hybridized carbons (Fsp3) is 0.600. The average molecular weight is 145 g/mol. The van der Waals surface area contributed by atoms with E-state index in [9.17, 15) is 4.79 Å². The summed E-state index contributed by atoms with van der Waals surface area (Å²) in [6.45, 7) is 1.74. The first-order valence-electron chi connectivity index (χ1n) is 2.53. The molecule has 0 amide bonds. The molecular formula is C5H7NO2S. The van der Waals surface area contributed by atoms with Crippen molar-refractivity contribution in [2.75, 3.05) is 0 Å². The lowest BCUT2D eigenvalue weighted by molar-refractivity contribution is -0.139. The maximum atomic E-state index is 10.2. The van der Waals surface area contributed by atoms with Crippen molar-refractivity contribution in [3.05, 3.63) is 4.25 Å². The summed E-state index contributed by atoms with van der Waals surface area (Å²) in [6.07, 6.45) is 0.482. The molecule has 0 aromatic rings. The third kappa shape index (κ3) is 2.88. The topological polar surface area (TPSA) is 41.7 Å². The second kappa shape index (κ2) is 4.10. The molecule has 3 nitrogen and oxygen atoms in total. The highest BCUT2D eigenvalue weighted by atomic mass is 32.1. The molecule has 1 atom stereocenters. The lowest BCUT2D eigenvalue weighted by atomic mass is 10.1. The van der Waals surface area contributed by atoms with E-state index in [1.165, 1.54) is 0 Å². The number of hydrogen-bond donors (Lipinski definition) is 1. The highest BCUT2D eigenvalue weighted by Gasteiger charge is 2.16. The van der Waals surface area contributed by atoms with E-state index in [1.807, 2.05) is 0 Å². The Hall–Kier alpha value is -0.820. The van der Waals surface area contributed by atoms with Crippen molar-refractivity contribution in [3.63, 3.8) is 0 Å². The van der Waals surface area contributed by atoms with E-state index in [0.29, 0.717) is 6.42 Å². The van der Waals surface area contributed by atoms with Crippen LogP contribution in [0.25, 0.3) is 4.25 Å². The first-order chi connectivity index (χ1) is 4.22. The second-order valence-corrected chi connectivity index (χ2v) is 1.70. The molecule has 1 unspecified atom stereocenters. The van der Waals surface area contributed by atoms with Crippen molar-refractivity contribution < 1.29 is 9.90 Å². The van der Waals surface area contributed by atoms with Gasteiger partial charge in [0, 0.05) is 0 Å². The minimum atomic E-state index is -0.925. The fourth-order valence-corrected chi connectivity index (χ4v) is 0.512. The molecule has 0 radical (unpaired) electrons. The molecule has 50 valence electrons. The number of carboxylic acid groups (broad SMARTS) is 1. The van der Waals surface area contributed by atoms with Gasteiger partial charge in [0.15, 0.2) is 5.92 Å². The molecule has 0 saturated heterocycles. The number of aliphatic carboxylic acids is 1. The zero-order chi connectivity index (χ0) is 7.28. The van der Waals surface area contributed by atoms with Crippen LogP contribution in [0.2, 0.25) is 0 Å². The number of nitrogens with zero attached hydrogens (tertiary/aromatic N) is 1. The van der Waals surface area contributed by atoms with Gasteiger partial charge < -0.3 is 5.11 Å². The molecule has 0 bridgehead atoms. The van der Waals surface area contributed by atoms with Gasteiger partial charge in [0.25, 0.3) is 6.07 Å². The normalized spacial score (nSPS) is 11.2. The summed E-state index contributed by atoms with van der Waals surface area (Å²) in [6, 6.07) is 2.27. The SMILES string of the molecule is CCC(C#[N+][S-])C(=O)O. The van der Waals surface area contributed by atoms with Crippen molar-refractivity contribution in [1.82, 2.24) is 0 Å². The Bertz CT molecular complexity index is 158. The molecule has 4 heteroatoms.